The van der Waals surface area contributed by atoms with E-state index < -0.39 is 18.0 Å². The molecule has 3 atom stereocenters. The summed E-state index contributed by atoms with van der Waals surface area (Å²) in [4.78, 5) is 12.0. The molecular weight excluding hydrogens is 273 g/mol. The van der Waals surface area contributed by atoms with Crippen LogP contribution >= 0.6 is 0 Å². The number of halogens is 1. The number of hydrogen-bond acceptors (Lipinski definition) is 3. The minimum absolute atomic E-state index is 0.0669. The van der Waals surface area contributed by atoms with Gasteiger partial charge in [-0.2, -0.15) is 0 Å². The molecule has 0 aliphatic rings. The van der Waals surface area contributed by atoms with Gasteiger partial charge in [-0.1, -0.05) is 13.3 Å². The number of carbonyl (C=O) groups is 1. The van der Waals surface area contributed by atoms with Crippen LogP contribution in [0.2, 0.25) is 0 Å². The number of amides is 1. The quantitative estimate of drug-likeness (QED) is 0.813. The van der Waals surface area contributed by atoms with Crippen molar-refractivity contribution in [2.24, 2.45) is 0 Å². The molecule has 118 valence electrons. The summed E-state index contributed by atoms with van der Waals surface area (Å²) in [7, 11) is 0. The first-order chi connectivity index (χ1) is 9.85. The van der Waals surface area contributed by atoms with Gasteiger partial charge in [-0.3, -0.25) is 4.79 Å². The van der Waals surface area contributed by atoms with Crippen molar-refractivity contribution >= 4 is 5.91 Å². The molecule has 4 nitrogen and oxygen atoms in total. The molecule has 0 aromatic heterocycles. The van der Waals surface area contributed by atoms with Crippen molar-refractivity contribution < 1.29 is 19.0 Å². The van der Waals surface area contributed by atoms with Crippen LogP contribution in [0.1, 0.15) is 52.2 Å². The molecule has 5 heteroatoms. The van der Waals surface area contributed by atoms with Crippen LogP contribution in [0.5, 0.6) is 5.75 Å². The average Bonchev–Trinajstić information content (AvgIpc) is 2.38. The van der Waals surface area contributed by atoms with Crippen molar-refractivity contribution in [1.29, 1.82) is 0 Å². The molecule has 1 rings (SSSR count). The molecule has 0 radical (unpaired) electrons. The van der Waals surface area contributed by atoms with Gasteiger partial charge in [0.1, 0.15) is 11.6 Å². The molecule has 2 unspecified atom stereocenters. The van der Waals surface area contributed by atoms with Crippen molar-refractivity contribution in [3.05, 3.63) is 29.6 Å². The van der Waals surface area contributed by atoms with Crippen LogP contribution in [0.15, 0.2) is 18.2 Å². The van der Waals surface area contributed by atoms with E-state index in [2.05, 4.69) is 5.32 Å². The third kappa shape index (κ3) is 5.34. The summed E-state index contributed by atoms with van der Waals surface area (Å²) in [6, 6.07) is 3.96. The van der Waals surface area contributed by atoms with Gasteiger partial charge in [-0.25, -0.2) is 4.39 Å². The molecule has 0 aliphatic carbocycles. The maximum absolute atomic E-state index is 13.3. The van der Waals surface area contributed by atoms with Crippen LogP contribution in [0.4, 0.5) is 4.39 Å². The molecule has 2 N–H and O–H groups in total. The van der Waals surface area contributed by atoms with E-state index >= 15 is 0 Å². The molecule has 1 aromatic carbocycles. The molecule has 0 aliphatic heterocycles. The fourth-order valence-corrected chi connectivity index (χ4v) is 2.06. The summed E-state index contributed by atoms with van der Waals surface area (Å²) in [6.45, 7) is 7.14. The summed E-state index contributed by atoms with van der Waals surface area (Å²) in [5, 5.41) is 12.5. The highest BCUT2D eigenvalue weighted by atomic mass is 19.1. The van der Waals surface area contributed by atoms with E-state index in [-0.39, 0.29) is 17.7 Å². The number of nitrogens with one attached hydrogen (secondary N) is 1. The van der Waals surface area contributed by atoms with Crippen molar-refractivity contribution in [2.75, 3.05) is 0 Å². The monoisotopic (exact) mass is 297 g/mol. The number of carbonyl (C=O) groups excluding carboxylic acids is 1. The average molecular weight is 297 g/mol. The summed E-state index contributed by atoms with van der Waals surface area (Å²) < 4.78 is 18.8. The van der Waals surface area contributed by atoms with E-state index in [1.54, 1.807) is 13.8 Å². The van der Waals surface area contributed by atoms with E-state index in [0.717, 1.165) is 12.8 Å². The van der Waals surface area contributed by atoms with Crippen LogP contribution in [-0.2, 0) is 4.79 Å². The zero-order chi connectivity index (χ0) is 16.0. The van der Waals surface area contributed by atoms with E-state index in [0.29, 0.717) is 5.56 Å². The second kappa shape index (κ2) is 7.98. The van der Waals surface area contributed by atoms with Gasteiger partial charge in [0.2, 0.25) is 0 Å². The summed E-state index contributed by atoms with van der Waals surface area (Å²) in [5.41, 5.74) is 0.456. The normalized spacial score (nSPS) is 15.1. The van der Waals surface area contributed by atoms with Crippen LogP contribution in [0.25, 0.3) is 0 Å². The van der Waals surface area contributed by atoms with Crippen LogP contribution in [-0.4, -0.2) is 23.2 Å². The van der Waals surface area contributed by atoms with Crippen molar-refractivity contribution in [1.82, 2.24) is 5.32 Å². The fourth-order valence-electron chi connectivity index (χ4n) is 2.06. The van der Waals surface area contributed by atoms with E-state index in [1.165, 1.54) is 18.2 Å². The highest BCUT2D eigenvalue weighted by molar-refractivity contribution is 5.81. The molecule has 21 heavy (non-hydrogen) atoms. The second-order valence-corrected chi connectivity index (χ2v) is 5.32. The van der Waals surface area contributed by atoms with Gasteiger partial charge in [0.25, 0.3) is 5.91 Å². The Hall–Kier alpha value is -1.62. The Bertz CT molecular complexity index is 477. The molecule has 0 saturated carbocycles. The number of rotatable bonds is 7. The van der Waals surface area contributed by atoms with Gasteiger partial charge < -0.3 is 15.2 Å². The van der Waals surface area contributed by atoms with Gasteiger partial charge in [-0.15, -0.1) is 0 Å². The smallest absolute Gasteiger partial charge is 0.260 e. The molecule has 1 amide bonds. The van der Waals surface area contributed by atoms with E-state index in [4.69, 9.17) is 4.74 Å². The highest BCUT2D eigenvalue weighted by Crippen LogP contribution is 2.26. The van der Waals surface area contributed by atoms with Crippen molar-refractivity contribution in [3.8, 4) is 5.75 Å². The third-order valence-corrected chi connectivity index (χ3v) is 3.21. The van der Waals surface area contributed by atoms with E-state index in [1.807, 2.05) is 13.8 Å². The third-order valence-electron chi connectivity index (χ3n) is 3.21. The predicted octanol–water partition coefficient (Wildman–Crippen LogP) is 2.95. The zero-order valence-corrected chi connectivity index (χ0v) is 13.0. The Kier molecular flexibility index (Phi) is 6.62. The molecule has 0 fully saturated rings. The topological polar surface area (TPSA) is 58.6 Å². The van der Waals surface area contributed by atoms with Crippen LogP contribution in [0.3, 0.4) is 0 Å². The highest BCUT2D eigenvalue weighted by Gasteiger charge is 2.19. The van der Waals surface area contributed by atoms with Crippen LogP contribution in [0, 0.1) is 5.82 Å². The zero-order valence-electron chi connectivity index (χ0n) is 13.0. The van der Waals surface area contributed by atoms with Gasteiger partial charge in [0, 0.05) is 17.7 Å². The first-order valence-corrected chi connectivity index (χ1v) is 7.29. The largest absolute Gasteiger partial charge is 0.480 e. The summed E-state index contributed by atoms with van der Waals surface area (Å²) >= 11 is 0. The molecule has 0 heterocycles. The van der Waals surface area contributed by atoms with Crippen molar-refractivity contribution in [2.45, 2.75) is 58.8 Å². The molecule has 0 spiro atoms. The molecule has 1 aromatic rings. The number of ether oxygens (including phenoxy) is 1. The Morgan fingerprint density at radius 3 is 2.62 bits per heavy atom. The lowest BCUT2D eigenvalue weighted by Gasteiger charge is -2.20. The minimum Gasteiger partial charge on any atom is -0.480 e. The Morgan fingerprint density at radius 2 is 2.05 bits per heavy atom. The van der Waals surface area contributed by atoms with E-state index in [9.17, 15) is 14.3 Å². The predicted molar refractivity (Wildman–Crippen MR) is 79.6 cm³/mol. The standard InChI is InChI=1S/C16H24FNO3/c1-5-6-10(2)18-16(20)12(4)21-15-9-13(17)7-8-14(15)11(3)19/h7-12,19H,5-6H2,1-4H3,(H,18,20)/t10?,11-,12?/m1/s1. The Balaban J connectivity index is 2.76. The number of aliphatic hydroxyl groups is 1. The van der Waals surface area contributed by atoms with Crippen LogP contribution < -0.4 is 10.1 Å². The van der Waals surface area contributed by atoms with Gasteiger partial charge in [-0.05, 0) is 39.3 Å². The first kappa shape index (κ1) is 17.4. The second-order valence-electron chi connectivity index (χ2n) is 5.32. The maximum Gasteiger partial charge on any atom is 0.260 e. The lowest BCUT2D eigenvalue weighted by Crippen LogP contribution is -2.41. The Labute approximate surface area is 125 Å². The summed E-state index contributed by atoms with van der Waals surface area (Å²) in [6.07, 6.45) is 0.308. The van der Waals surface area contributed by atoms with Gasteiger partial charge >= 0.3 is 0 Å². The summed E-state index contributed by atoms with van der Waals surface area (Å²) in [5.74, 6) is -0.533. The maximum atomic E-state index is 13.3. The number of aliphatic hydroxyl groups excluding tert-OH is 1. The molecule has 0 bridgehead atoms. The lowest BCUT2D eigenvalue weighted by atomic mass is 10.1. The number of hydrogen-bond donors (Lipinski definition) is 2. The lowest BCUT2D eigenvalue weighted by molar-refractivity contribution is -0.128. The SMILES string of the molecule is CCCC(C)NC(=O)C(C)Oc1cc(F)ccc1[C@@H](C)O. The number of benzene rings is 1. The molecular formula is C16H24FNO3. The van der Waals surface area contributed by atoms with Crippen molar-refractivity contribution in [3.63, 3.8) is 0 Å². The van der Waals surface area contributed by atoms with Gasteiger partial charge in [0.15, 0.2) is 6.10 Å². The minimum atomic E-state index is -0.796. The van der Waals surface area contributed by atoms with Gasteiger partial charge in [0.05, 0.1) is 6.10 Å². The Morgan fingerprint density at radius 1 is 1.38 bits per heavy atom. The fraction of sp³-hybridized carbons (Fsp3) is 0.562. The first-order valence-electron chi connectivity index (χ1n) is 7.29. The molecule has 0 saturated heterocycles.